The number of amides is 1. The van der Waals surface area contributed by atoms with Gasteiger partial charge in [0, 0.05) is 12.7 Å². The molecule has 0 spiro atoms. The van der Waals surface area contributed by atoms with Gasteiger partial charge in [0.05, 0.1) is 17.6 Å². The van der Waals surface area contributed by atoms with E-state index in [0.717, 1.165) is 36.1 Å². The number of thioether (sulfide) groups is 1. The zero-order valence-electron chi connectivity index (χ0n) is 17.7. The average Bonchev–Trinajstić information content (AvgIpc) is 3.39. The Morgan fingerprint density at radius 1 is 1.19 bits per heavy atom. The van der Waals surface area contributed by atoms with Gasteiger partial charge in [-0.05, 0) is 55.2 Å². The lowest BCUT2D eigenvalue weighted by atomic mass is 10.1. The van der Waals surface area contributed by atoms with Crippen molar-refractivity contribution in [2.45, 2.75) is 25.9 Å². The summed E-state index contributed by atoms with van der Waals surface area (Å²) in [5, 5.41) is 0. The van der Waals surface area contributed by atoms with E-state index < -0.39 is 5.97 Å². The predicted octanol–water partition coefficient (Wildman–Crippen LogP) is 4.99. The molecule has 2 aromatic rings. The molecule has 5 nitrogen and oxygen atoms in total. The van der Waals surface area contributed by atoms with Gasteiger partial charge < -0.3 is 9.47 Å². The summed E-state index contributed by atoms with van der Waals surface area (Å²) >= 11 is 6.69. The minimum atomic E-state index is -0.451. The number of esters is 1. The fourth-order valence-corrected chi connectivity index (χ4v) is 4.70. The number of carbonyl (C=O) groups is 2. The molecule has 7 heteroatoms. The number of ether oxygens (including phenoxy) is 2. The van der Waals surface area contributed by atoms with Crippen molar-refractivity contribution in [3.8, 4) is 5.75 Å². The van der Waals surface area contributed by atoms with Crippen molar-refractivity contribution in [1.82, 2.24) is 4.90 Å². The van der Waals surface area contributed by atoms with Gasteiger partial charge in [-0.3, -0.25) is 9.69 Å². The number of thiocarbonyl (C=S) groups is 1. The Morgan fingerprint density at radius 3 is 2.59 bits per heavy atom. The van der Waals surface area contributed by atoms with E-state index in [1.165, 1.54) is 17.8 Å². The van der Waals surface area contributed by atoms with E-state index >= 15 is 0 Å². The van der Waals surface area contributed by atoms with Gasteiger partial charge in [0.2, 0.25) is 0 Å². The Bertz CT molecular complexity index is 1070. The number of carbonyl (C=O) groups excluding carboxylic acids is 2. The second-order valence-electron chi connectivity index (χ2n) is 7.66. The second kappa shape index (κ2) is 10.3. The van der Waals surface area contributed by atoms with Gasteiger partial charge >= 0.3 is 5.97 Å². The highest BCUT2D eigenvalue weighted by Gasteiger charge is 2.34. The molecular weight excluding hydrogens is 442 g/mol. The Balaban J connectivity index is 1.35. The van der Waals surface area contributed by atoms with E-state index in [4.69, 9.17) is 21.7 Å². The molecule has 2 aromatic carbocycles. The third-order valence-corrected chi connectivity index (χ3v) is 6.55. The maximum Gasteiger partial charge on any atom is 0.336 e. The number of rotatable bonds is 6. The van der Waals surface area contributed by atoms with Crippen molar-refractivity contribution < 1.29 is 19.1 Å². The van der Waals surface area contributed by atoms with Crippen LogP contribution in [-0.2, 0) is 14.3 Å². The molecule has 0 aliphatic carbocycles. The molecule has 1 atom stereocenters. The summed E-state index contributed by atoms with van der Waals surface area (Å²) in [7, 11) is 0. The summed E-state index contributed by atoms with van der Waals surface area (Å²) in [6, 6.07) is 14.9. The summed E-state index contributed by atoms with van der Waals surface area (Å²) in [5.41, 5.74) is 2.92. The lowest BCUT2D eigenvalue weighted by Gasteiger charge is -2.18. The lowest BCUT2D eigenvalue weighted by molar-refractivity contribution is -0.129. The SMILES string of the molecule is Cc1ccc(/C=C/C(=O)Oc2ccc(/C=C3\SC(=S)N(C[C@@H]4CCCO4)C3=O)cc2)cc1. The van der Waals surface area contributed by atoms with Crippen LogP contribution in [0.1, 0.15) is 29.5 Å². The maximum atomic E-state index is 12.7. The molecule has 2 heterocycles. The number of nitrogens with zero attached hydrogens (tertiary/aromatic N) is 1. The summed E-state index contributed by atoms with van der Waals surface area (Å²) in [6.07, 6.45) is 6.96. The van der Waals surface area contributed by atoms with Crippen LogP contribution in [0.25, 0.3) is 12.2 Å². The minimum absolute atomic E-state index is 0.0610. The number of benzene rings is 2. The first-order valence-electron chi connectivity index (χ1n) is 10.4. The van der Waals surface area contributed by atoms with Crippen LogP contribution in [0.5, 0.6) is 5.75 Å². The van der Waals surface area contributed by atoms with Crippen LogP contribution in [0, 0.1) is 6.92 Å². The molecule has 164 valence electrons. The zero-order valence-corrected chi connectivity index (χ0v) is 19.3. The number of hydrogen-bond acceptors (Lipinski definition) is 6. The smallest absolute Gasteiger partial charge is 0.336 e. The summed E-state index contributed by atoms with van der Waals surface area (Å²) < 4.78 is 11.5. The van der Waals surface area contributed by atoms with Crippen molar-refractivity contribution in [3.63, 3.8) is 0 Å². The Kier molecular flexibility index (Phi) is 7.19. The van der Waals surface area contributed by atoms with E-state index in [2.05, 4.69) is 0 Å². The van der Waals surface area contributed by atoms with E-state index in [0.29, 0.717) is 21.5 Å². The first kappa shape index (κ1) is 22.5. The van der Waals surface area contributed by atoms with Gasteiger partial charge in [0.1, 0.15) is 10.1 Å². The normalized spacial score (nSPS) is 20.0. The molecule has 0 radical (unpaired) electrons. The quantitative estimate of drug-likeness (QED) is 0.259. The van der Waals surface area contributed by atoms with Crippen molar-refractivity contribution in [2.24, 2.45) is 0 Å². The number of aryl methyl sites for hydroxylation is 1. The molecule has 0 unspecified atom stereocenters. The third kappa shape index (κ3) is 5.73. The van der Waals surface area contributed by atoms with Crippen LogP contribution in [-0.4, -0.2) is 40.4 Å². The Morgan fingerprint density at radius 2 is 1.91 bits per heavy atom. The molecule has 0 aromatic heterocycles. The average molecular weight is 466 g/mol. The number of hydrogen-bond donors (Lipinski definition) is 0. The lowest BCUT2D eigenvalue weighted by Crippen LogP contribution is -2.35. The highest BCUT2D eigenvalue weighted by atomic mass is 32.2. The van der Waals surface area contributed by atoms with E-state index in [1.54, 1.807) is 41.3 Å². The van der Waals surface area contributed by atoms with Crippen LogP contribution in [0.2, 0.25) is 0 Å². The summed E-state index contributed by atoms with van der Waals surface area (Å²) in [5.74, 6) is -0.104. The van der Waals surface area contributed by atoms with Gasteiger partial charge in [-0.25, -0.2) is 4.79 Å². The fraction of sp³-hybridized carbons (Fsp3) is 0.240. The molecule has 0 N–H and O–H groups in total. The molecule has 4 rings (SSSR count). The van der Waals surface area contributed by atoms with Gasteiger partial charge in [-0.1, -0.05) is 65.9 Å². The molecule has 1 amide bonds. The van der Waals surface area contributed by atoms with Crippen LogP contribution in [0.4, 0.5) is 0 Å². The second-order valence-corrected chi connectivity index (χ2v) is 9.34. The molecule has 32 heavy (non-hydrogen) atoms. The molecule has 2 aliphatic rings. The summed E-state index contributed by atoms with van der Waals surface area (Å²) in [4.78, 5) is 27.0. The molecule has 2 aliphatic heterocycles. The largest absolute Gasteiger partial charge is 0.423 e. The van der Waals surface area contributed by atoms with Crippen molar-refractivity contribution in [1.29, 1.82) is 0 Å². The third-order valence-electron chi connectivity index (χ3n) is 5.17. The predicted molar refractivity (Wildman–Crippen MR) is 131 cm³/mol. The van der Waals surface area contributed by atoms with Crippen molar-refractivity contribution >= 4 is 52.3 Å². The Hall–Kier alpha value is -2.74. The molecule has 0 bridgehead atoms. The van der Waals surface area contributed by atoms with Gasteiger partial charge in [-0.2, -0.15) is 0 Å². The first-order chi connectivity index (χ1) is 15.5. The Labute approximate surface area is 197 Å². The maximum absolute atomic E-state index is 12.7. The van der Waals surface area contributed by atoms with Crippen LogP contribution in [0.15, 0.2) is 59.5 Å². The molecular formula is C25H23NO4S2. The topological polar surface area (TPSA) is 55.8 Å². The molecule has 2 saturated heterocycles. The monoisotopic (exact) mass is 465 g/mol. The van der Waals surface area contributed by atoms with Crippen molar-refractivity contribution in [3.05, 3.63) is 76.2 Å². The highest BCUT2D eigenvalue weighted by molar-refractivity contribution is 8.26. The van der Waals surface area contributed by atoms with Crippen molar-refractivity contribution in [2.75, 3.05) is 13.2 Å². The van der Waals surface area contributed by atoms with Gasteiger partial charge in [0.15, 0.2) is 0 Å². The summed E-state index contributed by atoms with van der Waals surface area (Å²) in [6.45, 7) is 3.26. The van der Waals surface area contributed by atoms with E-state index in [1.807, 2.05) is 31.2 Å². The first-order valence-corrected chi connectivity index (χ1v) is 11.6. The van der Waals surface area contributed by atoms with Crippen LogP contribution < -0.4 is 4.74 Å². The van der Waals surface area contributed by atoms with Crippen LogP contribution in [0.3, 0.4) is 0 Å². The highest BCUT2D eigenvalue weighted by Crippen LogP contribution is 2.33. The van der Waals surface area contributed by atoms with Gasteiger partial charge in [-0.15, -0.1) is 0 Å². The fourth-order valence-electron chi connectivity index (χ4n) is 3.42. The molecule has 2 fully saturated rings. The van der Waals surface area contributed by atoms with Gasteiger partial charge in [0.25, 0.3) is 5.91 Å². The zero-order chi connectivity index (χ0) is 22.5. The minimum Gasteiger partial charge on any atom is -0.423 e. The van der Waals surface area contributed by atoms with Crippen LogP contribution >= 0.6 is 24.0 Å². The molecule has 0 saturated carbocycles. The van der Waals surface area contributed by atoms with E-state index in [-0.39, 0.29) is 12.0 Å². The standard InChI is InChI=1S/C25H23NO4S2/c1-17-4-6-18(7-5-17)10-13-23(27)30-20-11-8-19(9-12-20)15-22-24(28)26(25(31)32-22)16-21-3-2-14-29-21/h4-13,15,21H,2-3,14,16H2,1H3/b13-10+,22-15-/t21-/m0/s1. The van der Waals surface area contributed by atoms with E-state index in [9.17, 15) is 9.59 Å².